The summed E-state index contributed by atoms with van der Waals surface area (Å²) >= 11 is 0. The number of halogens is 1. The zero-order valence-corrected chi connectivity index (χ0v) is 17.9. The van der Waals surface area contributed by atoms with Crippen LogP contribution in [0.1, 0.15) is 5.56 Å². The standard InChI is InChI=1S/C24H20FN5O3/c1-31-19-5-3-4-16(22(19)32-2)14-27-23-26-11-10-18(28-23)21-20(15-6-8-17(25)9-7-15)29-24-30(21)12-13-33-24/h3-13H,14H2,1-2H3,(H,26,27,28). The summed E-state index contributed by atoms with van der Waals surface area (Å²) in [6, 6.07) is 13.6. The summed E-state index contributed by atoms with van der Waals surface area (Å²) < 4.78 is 31.6. The van der Waals surface area contributed by atoms with E-state index in [9.17, 15) is 4.39 Å². The van der Waals surface area contributed by atoms with Crippen molar-refractivity contribution in [1.82, 2.24) is 19.4 Å². The second kappa shape index (κ2) is 8.62. The maximum absolute atomic E-state index is 13.5. The average Bonchev–Trinajstić information content (AvgIpc) is 3.44. The molecule has 0 atom stereocenters. The quantitative estimate of drug-likeness (QED) is 0.384. The predicted octanol–water partition coefficient (Wildman–Crippen LogP) is 4.82. The molecule has 2 aromatic carbocycles. The van der Waals surface area contributed by atoms with Gasteiger partial charge in [0.2, 0.25) is 5.95 Å². The van der Waals surface area contributed by atoms with Crippen molar-refractivity contribution < 1.29 is 18.3 Å². The van der Waals surface area contributed by atoms with Crippen LogP contribution in [-0.2, 0) is 6.54 Å². The summed E-state index contributed by atoms with van der Waals surface area (Å²) in [4.78, 5) is 13.6. The smallest absolute Gasteiger partial charge is 0.306 e. The maximum atomic E-state index is 13.5. The van der Waals surface area contributed by atoms with Crippen molar-refractivity contribution in [3.63, 3.8) is 0 Å². The van der Waals surface area contributed by atoms with Crippen molar-refractivity contribution in [2.45, 2.75) is 6.54 Å². The van der Waals surface area contributed by atoms with Crippen molar-refractivity contribution in [3.8, 4) is 34.1 Å². The number of aromatic nitrogens is 4. The van der Waals surface area contributed by atoms with Gasteiger partial charge in [0.1, 0.15) is 23.5 Å². The van der Waals surface area contributed by atoms with E-state index in [0.29, 0.717) is 41.2 Å². The van der Waals surface area contributed by atoms with Gasteiger partial charge in [-0.3, -0.25) is 4.40 Å². The summed E-state index contributed by atoms with van der Waals surface area (Å²) in [5, 5.41) is 3.24. The molecule has 3 aromatic heterocycles. The van der Waals surface area contributed by atoms with Crippen LogP contribution in [0.25, 0.3) is 28.5 Å². The summed E-state index contributed by atoms with van der Waals surface area (Å²) in [6.07, 6.45) is 4.98. The molecule has 3 heterocycles. The number of anilines is 1. The van der Waals surface area contributed by atoms with Gasteiger partial charge >= 0.3 is 5.84 Å². The molecule has 1 N–H and O–H groups in total. The molecule has 33 heavy (non-hydrogen) atoms. The van der Waals surface area contributed by atoms with Gasteiger partial charge in [0.25, 0.3) is 0 Å². The average molecular weight is 445 g/mol. The van der Waals surface area contributed by atoms with Crippen LogP contribution in [0.2, 0.25) is 0 Å². The summed E-state index contributed by atoms with van der Waals surface area (Å²) in [5.74, 6) is 1.83. The lowest BCUT2D eigenvalue weighted by Crippen LogP contribution is -2.06. The minimum absolute atomic E-state index is 0.315. The third kappa shape index (κ3) is 3.84. The molecule has 0 aliphatic rings. The lowest BCUT2D eigenvalue weighted by atomic mass is 10.1. The highest BCUT2D eigenvalue weighted by Gasteiger charge is 2.19. The summed E-state index contributed by atoms with van der Waals surface area (Å²) in [5.41, 5.74) is 3.64. The summed E-state index contributed by atoms with van der Waals surface area (Å²) in [7, 11) is 3.20. The van der Waals surface area contributed by atoms with Crippen LogP contribution in [0, 0.1) is 5.82 Å². The van der Waals surface area contributed by atoms with E-state index in [2.05, 4.69) is 15.3 Å². The Morgan fingerprint density at radius 1 is 1.03 bits per heavy atom. The Balaban J connectivity index is 1.50. The molecular formula is C24H20FN5O3. The van der Waals surface area contributed by atoms with E-state index >= 15 is 0 Å². The van der Waals surface area contributed by atoms with Gasteiger partial charge in [-0.2, -0.15) is 4.98 Å². The molecule has 5 rings (SSSR count). The molecule has 0 saturated heterocycles. The van der Waals surface area contributed by atoms with Crippen molar-refractivity contribution in [2.24, 2.45) is 0 Å². The number of rotatable bonds is 7. The van der Waals surface area contributed by atoms with E-state index in [1.165, 1.54) is 12.1 Å². The van der Waals surface area contributed by atoms with Crippen molar-refractivity contribution in [3.05, 3.63) is 78.6 Å². The molecule has 0 spiro atoms. The molecule has 166 valence electrons. The first kappa shape index (κ1) is 20.5. The van der Waals surface area contributed by atoms with Gasteiger partial charge in [-0.15, -0.1) is 0 Å². The fourth-order valence-corrected chi connectivity index (χ4v) is 3.68. The normalized spacial score (nSPS) is 11.0. The zero-order chi connectivity index (χ0) is 22.8. The number of nitrogens with zero attached hydrogens (tertiary/aromatic N) is 4. The first-order chi connectivity index (χ1) is 16.2. The number of nitrogens with one attached hydrogen (secondary N) is 1. The van der Waals surface area contributed by atoms with E-state index in [1.54, 1.807) is 55.5 Å². The highest BCUT2D eigenvalue weighted by atomic mass is 19.1. The third-order valence-corrected chi connectivity index (χ3v) is 5.20. The van der Waals surface area contributed by atoms with Crippen molar-refractivity contribution in [2.75, 3.05) is 19.5 Å². The summed E-state index contributed by atoms with van der Waals surface area (Å²) in [6.45, 7) is 0.433. The molecule has 8 nitrogen and oxygen atoms in total. The minimum atomic E-state index is -0.315. The van der Waals surface area contributed by atoms with Gasteiger partial charge in [0, 0.05) is 30.1 Å². The number of hydrogen-bond donors (Lipinski definition) is 1. The molecule has 0 bridgehead atoms. The molecular weight excluding hydrogens is 425 g/mol. The number of methoxy groups -OCH3 is 2. The zero-order valence-electron chi connectivity index (χ0n) is 17.9. The monoisotopic (exact) mass is 445 g/mol. The molecule has 0 fully saturated rings. The van der Waals surface area contributed by atoms with E-state index < -0.39 is 0 Å². The van der Waals surface area contributed by atoms with Gasteiger partial charge in [0.15, 0.2) is 11.5 Å². The Morgan fingerprint density at radius 2 is 1.88 bits per heavy atom. The number of imidazole rings is 1. The topological polar surface area (TPSA) is 86.7 Å². The van der Waals surface area contributed by atoms with Crippen LogP contribution in [0.4, 0.5) is 10.3 Å². The van der Waals surface area contributed by atoms with Crippen LogP contribution in [-0.4, -0.2) is 33.6 Å². The number of fused-ring (bicyclic) bond motifs is 1. The van der Waals surface area contributed by atoms with Gasteiger partial charge in [-0.05, 0) is 36.4 Å². The molecule has 5 aromatic rings. The first-order valence-electron chi connectivity index (χ1n) is 10.2. The van der Waals surface area contributed by atoms with Crippen LogP contribution < -0.4 is 14.8 Å². The van der Waals surface area contributed by atoms with Crippen LogP contribution in [0.15, 0.2) is 71.6 Å². The van der Waals surface area contributed by atoms with Crippen LogP contribution in [0.5, 0.6) is 11.5 Å². The SMILES string of the molecule is COc1cccc(CNc2nccc(-c3c(-c4ccc(F)cc4)nc4occn34)n2)c1OC. The third-order valence-electron chi connectivity index (χ3n) is 5.20. The van der Waals surface area contributed by atoms with E-state index in [-0.39, 0.29) is 5.82 Å². The van der Waals surface area contributed by atoms with Crippen LogP contribution >= 0.6 is 0 Å². The number of para-hydroxylation sites is 1. The fourth-order valence-electron chi connectivity index (χ4n) is 3.68. The highest BCUT2D eigenvalue weighted by molar-refractivity contribution is 5.79. The van der Waals surface area contributed by atoms with Crippen molar-refractivity contribution >= 4 is 11.8 Å². The van der Waals surface area contributed by atoms with E-state index in [4.69, 9.17) is 18.9 Å². The predicted molar refractivity (Wildman–Crippen MR) is 121 cm³/mol. The molecule has 0 aliphatic heterocycles. The van der Waals surface area contributed by atoms with Gasteiger partial charge in [-0.25, -0.2) is 14.4 Å². The van der Waals surface area contributed by atoms with Gasteiger partial charge < -0.3 is 19.2 Å². The minimum Gasteiger partial charge on any atom is -0.493 e. The molecule has 9 heteroatoms. The fraction of sp³-hybridized carbons (Fsp3) is 0.125. The molecule has 0 amide bonds. The first-order valence-corrected chi connectivity index (χ1v) is 10.2. The van der Waals surface area contributed by atoms with Crippen molar-refractivity contribution in [1.29, 1.82) is 0 Å². The highest BCUT2D eigenvalue weighted by Crippen LogP contribution is 2.33. The number of hydrogen-bond acceptors (Lipinski definition) is 7. The lowest BCUT2D eigenvalue weighted by molar-refractivity contribution is 0.352. The number of benzene rings is 2. The molecule has 0 aliphatic carbocycles. The Kier molecular flexibility index (Phi) is 5.35. The Morgan fingerprint density at radius 3 is 2.67 bits per heavy atom. The molecule has 0 radical (unpaired) electrons. The number of ether oxygens (including phenoxy) is 2. The van der Waals surface area contributed by atoms with E-state index in [0.717, 1.165) is 16.8 Å². The van der Waals surface area contributed by atoms with Gasteiger partial charge in [0.05, 0.1) is 19.9 Å². The van der Waals surface area contributed by atoms with E-state index in [1.807, 2.05) is 18.2 Å². The molecule has 0 saturated carbocycles. The lowest BCUT2D eigenvalue weighted by Gasteiger charge is -2.13. The molecule has 0 unspecified atom stereocenters. The Hall–Kier alpha value is -4.40. The largest absolute Gasteiger partial charge is 0.493 e. The number of oxazole rings is 1. The second-order valence-electron chi connectivity index (χ2n) is 7.14. The maximum Gasteiger partial charge on any atom is 0.306 e. The Labute approximate surface area is 188 Å². The van der Waals surface area contributed by atoms with Gasteiger partial charge in [-0.1, -0.05) is 12.1 Å². The Bertz CT molecular complexity index is 1410. The van der Waals surface area contributed by atoms with Crippen LogP contribution in [0.3, 0.4) is 0 Å². The second-order valence-corrected chi connectivity index (χ2v) is 7.14.